The number of benzene rings is 1. The van der Waals surface area contributed by atoms with E-state index in [4.69, 9.17) is 0 Å². The fraction of sp³-hybridized carbons (Fsp3) is 0.300. The fourth-order valence-corrected chi connectivity index (χ4v) is 1.09. The Morgan fingerprint density at radius 1 is 1.38 bits per heavy atom. The lowest BCUT2D eigenvalue weighted by molar-refractivity contribution is -0.137. The second kappa shape index (κ2) is 4.51. The lowest BCUT2D eigenvalue weighted by Gasteiger charge is -2.09. The van der Waals surface area contributed by atoms with E-state index in [1.54, 1.807) is 0 Å². The monoisotopic (exact) mass is 235 g/mol. The van der Waals surface area contributed by atoms with Crippen LogP contribution in [0.2, 0.25) is 0 Å². The maximum absolute atomic E-state index is 13.2. The van der Waals surface area contributed by atoms with Crippen LogP contribution in [-0.2, 0) is 17.5 Å². The fourth-order valence-electron chi connectivity index (χ4n) is 1.09. The average molecular weight is 235 g/mol. The van der Waals surface area contributed by atoms with Gasteiger partial charge in [-0.05, 0) is 12.1 Å². The molecule has 0 aromatic heterocycles. The van der Waals surface area contributed by atoms with Crippen LogP contribution in [0.1, 0.15) is 18.1 Å². The van der Waals surface area contributed by atoms with Crippen molar-refractivity contribution < 1.29 is 22.4 Å². The van der Waals surface area contributed by atoms with Gasteiger partial charge < -0.3 is 5.32 Å². The Balaban J connectivity index is 2.88. The molecule has 0 saturated carbocycles. The zero-order valence-corrected chi connectivity index (χ0v) is 8.36. The van der Waals surface area contributed by atoms with Crippen LogP contribution in [0.3, 0.4) is 0 Å². The number of alkyl halides is 3. The average Bonchev–Trinajstić information content (AvgIpc) is 2.14. The van der Waals surface area contributed by atoms with Crippen molar-refractivity contribution in [1.82, 2.24) is 5.32 Å². The molecule has 0 aliphatic carbocycles. The third-order valence-corrected chi connectivity index (χ3v) is 1.91. The van der Waals surface area contributed by atoms with Gasteiger partial charge >= 0.3 is 6.18 Å². The second-order valence-corrected chi connectivity index (χ2v) is 3.21. The minimum atomic E-state index is -4.56. The van der Waals surface area contributed by atoms with Gasteiger partial charge in [0, 0.05) is 19.0 Å². The van der Waals surface area contributed by atoms with Gasteiger partial charge in [-0.15, -0.1) is 0 Å². The Bertz CT molecular complexity index is 400. The van der Waals surface area contributed by atoms with Crippen LogP contribution in [-0.4, -0.2) is 5.91 Å². The Hall–Kier alpha value is -1.59. The molecule has 1 rings (SSSR count). The maximum Gasteiger partial charge on any atom is 0.416 e. The van der Waals surface area contributed by atoms with Crippen molar-refractivity contribution in [2.24, 2.45) is 0 Å². The van der Waals surface area contributed by atoms with E-state index in [0.29, 0.717) is 6.07 Å². The first kappa shape index (κ1) is 12.5. The van der Waals surface area contributed by atoms with Crippen LogP contribution >= 0.6 is 0 Å². The molecule has 0 unspecified atom stereocenters. The summed E-state index contributed by atoms with van der Waals surface area (Å²) in [5.74, 6) is -1.36. The zero-order valence-electron chi connectivity index (χ0n) is 8.36. The Morgan fingerprint density at radius 2 is 2.00 bits per heavy atom. The van der Waals surface area contributed by atoms with Crippen LogP contribution in [0, 0.1) is 5.82 Å². The van der Waals surface area contributed by atoms with Crippen molar-refractivity contribution in [2.75, 3.05) is 0 Å². The number of halogens is 4. The molecule has 1 aromatic carbocycles. The zero-order chi connectivity index (χ0) is 12.3. The van der Waals surface area contributed by atoms with Crippen molar-refractivity contribution in [3.63, 3.8) is 0 Å². The molecule has 0 aliphatic rings. The van der Waals surface area contributed by atoms with Gasteiger partial charge in [-0.3, -0.25) is 4.79 Å². The molecule has 1 aromatic rings. The molecular weight excluding hydrogens is 226 g/mol. The van der Waals surface area contributed by atoms with Crippen LogP contribution in [0.4, 0.5) is 17.6 Å². The summed E-state index contributed by atoms with van der Waals surface area (Å²) in [6, 6.07) is 2.20. The van der Waals surface area contributed by atoms with E-state index >= 15 is 0 Å². The van der Waals surface area contributed by atoms with Crippen LogP contribution in [0.15, 0.2) is 18.2 Å². The first-order chi connectivity index (χ1) is 7.30. The Morgan fingerprint density at radius 3 is 2.44 bits per heavy atom. The third kappa shape index (κ3) is 3.22. The van der Waals surface area contributed by atoms with Gasteiger partial charge in [-0.25, -0.2) is 4.39 Å². The molecule has 16 heavy (non-hydrogen) atoms. The van der Waals surface area contributed by atoms with Crippen molar-refractivity contribution in [1.29, 1.82) is 0 Å². The van der Waals surface area contributed by atoms with E-state index in [0.717, 1.165) is 12.1 Å². The highest BCUT2D eigenvalue weighted by atomic mass is 19.4. The third-order valence-electron chi connectivity index (χ3n) is 1.91. The summed E-state index contributed by atoms with van der Waals surface area (Å²) in [6.07, 6.45) is -4.56. The van der Waals surface area contributed by atoms with Gasteiger partial charge in [0.05, 0.1) is 5.56 Å². The lowest BCUT2D eigenvalue weighted by atomic mass is 10.1. The Labute approximate surface area is 89.3 Å². The van der Waals surface area contributed by atoms with E-state index in [1.165, 1.54) is 6.92 Å². The molecular formula is C10H9F4NO. The smallest absolute Gasteiger partial charge is 0.352 e. The van der Waals surface area contributed by atoms with Gasteiger partial charge in [-0.2, -0.15) is 13.2 Å². The van der Waals surface area contributed by atoms with Gasteiger partial charge in [-0.1, -0.05) is 6.07 Å². The highest BCUT2D eigenvalue weighted by molar-refractivity contribution is 5.72. The normalized spacial score (nSPS) is 11.3. The Kier molecular flexibility index (Phi) is 3.51. The van der Waals surface area contributed by atoms with Crippen molar-refractivity contribution in [2.45, 2.75) is 19.6 Å². The number of carbonyl (C=O) groups excluding carboxylic acids is 1. The van der Waals surface area contributed by atoms with Crippen molar-refractivity contribution in [3.8, 4) is 0 Å². The molecule has 0 radical (unpaired) electrons. The summed E-state index contributed by atoms with van der Waals surface area (Å²) in [6.45, 7) is 1.11. The van der Waals surface area contributed by atoms with E-state index in [-0.39, 0.29) is 18.0 Å². The highest BCUT2D eigenvalue weighted by Gasteiger charge is 2.31. The minimum Gasteiger partial charge on any atom is -0.352 e. The first-order valence-electron chi connectivity index (χ1n) is 4.41. The summed E-state index contributed by atoms with van der Waals surface area (Å²) in [5, 5.41) is 2.30. The first-order valence-corrected chi connectivity index (χ1v) is 4.41. The largest absolute Gasteiger partial charge is 0.416 e. The number of carbonyl (C=O) groups is 1. The summed E-state index contributed by atoms with van der Waals surface area (Å²) in [4.78, 5) is 10.5. The van der Waals surface area contributed by atoms with Crippen LogP contribution < -0.4 is 5.32 Å². The molecule has 0 fully saturated rings. The molecule has 0 heterocycles. The van der Waals surface area contributed by atoms with Crippen molar-refractivity contribution in [3.05, 3.63) is 35.1 Å². The molecule has 2 nitrogen and oxygen atoms in total. The summed E-state index contributed by atoms with van der Waals surface area (Å²) in [5.41, 5.74) is -1.03. The molecule has 0 saturated heterocycles. The maximum atomic E-state index is 13.2. The lowest BCUT2D eigenvalue weighted by Crippen LogP contribution is -2.20. The standard InChI is InChI=1S/C10H9F4NO/c1-6(16)15-5-7-2-3-8(4-9(7)11)10(12,13)14/h2-4H,5H2,1H3,(H,15,16). The summed E-state index contributed by atoms with van der Waals surface area (Å²) in [7, 11) is 0. The quantitative estimate of drug-likeness (QED) is 0.784. The molecule has 0 aliphatic heterocycles. The molecule has 1 amide bonds. The number of hydrogen-bond acceptors (Lipinski definition) is 1. The topological polar surface area (TPSA) is 29.1 Å². The van der Waals surface area contributed by atoms with E-state index in [9.17, 15) is 22.4 Å². The summed E-state index contributed by atoms with van der Waals surface area (Å²) < 4.78 is 49.7. The second-order valence-electron chi connectivity index (χ2n) is 3.21. The molecule has 0 spiro atoms. The highest BCUT2D eigenvalue weighted by Crippen LogP contribution is 2.30. The van der Waals surface area contributed by atoms with Gasteiger partial charge in [0.1, 0.15) is 5.82 Å². The number of amides is 1. The van der Waals surface area contributed by atoms with Crippen LogP contribution in [0.25, 0.3) is 0 Å². The number of nitrogens with one attached hydrogen (secondary N) is 1. The molecule has 6 heteroatoms. The molecule has 0 bridgehead atoms. The summed E-state index contributed by atoms with van der Waals surface area (Å²) >= 11 is 0. The van der Waals surface area contributed by atoms with E-state index in [1.807, 2.05) is 0 Å². The predicted octanol–water partition coefficient (Wildman–Crippen LogP) is 2.48. The van der Waals surface area contributed by atoms with Crippen molar-refractivity contribution >= 4 is 5.91 Å². The van der Waals surface area contributed by atoms with Gasteiger partial charge in [0.25, 0.3) is 0 Å². The molecule has 0 atom stereocenters. The molecule has 88 valence electrons. The van der Waals surface area contributed by atoms with Crippen LogP contribution in [0.5, 0.6) is 0 Å². The predicted molar refractivity (Wildman–Crippen MR) is 48.9 cm³/mol. The van der Waals surface area contributed by atoms with Gasteiger partial charge in [0.2, 0.25) is 5.91 Å². The SMILES string of the molecule is CC(=O)NCc1ccc(C(F)(F)F)cc1F. The number of rotatable bonds is 2. The minimum absolute atomic E-state index is 0.0169. The van der Waals surface area contributed by atoms with Gasteiger partial charge in [0.15, 0.2) is 0 Å². The van der Waals surface area contributed by atoms with E-state index < -0.39 is 17.6 Å². The molecule has 1 N–H and O–H groups in total. The van der Waals surface area contributed by atoms with E-state index in [2.05, 4.69) is 5.32 Å². The number of hydrogen-bond donors (Lipinski definition) is 1.